The maximum absolute atomic E-state index is 5.66. The number of hydrogen-bond donors (Lipinski definition) is 1. The number of furan rings is 1. The second-order valence-electron chi connectivity index (χ2n) is 5.74. The molecule has 1 aliphatic rings. The molecule has 1 aliphatic heterocycles. The van der Waals surface area contributed by atoms with E-state index in [-0.39, 0.29) is 5.54 Å². The largest absolute Gasteiger partial charge is 0.460 e. The van der Waals surface area contributed by atoms with E-state index in [2.05, 4.69) is 29.4 Å². The zero-order chi connectivity index (χ0) is 14.2. The number of nitrogens with zero attached hydrogens (tertiary/aromatic N) is 2. The molecule has 0 aliphatic carbocycles. The summed E-state index contributed by atoms with van der Waals surface area (Å²) in [6, 6.07) is 3.97. The third kappa shape index (κ3) is 2.53. The highest BCUT2D eigenvalue weighted by molar-refractivity contribution is 7.10. The van der Waals surface area contributed by atoms with E-state index in [1.165, 1.54) is 0 Å². The molecule has 20 heavy (non-hydrogen) atoms. The summed E-state index contributed by atoms with van der Waals surface area (Å²) in [5.74, 6) is 1.79. The van der Waals surface area contributed by atoms with Crippen molar-refractivity contribution >= 4 is 11.3 Å². The van der Waals surface area contributed by atoms with Gasteiger partial charge in [0.2, 0.25) is 0 Å². The lowest BCUT2D eigenvalue weighted by Gasteiger charge is -2.39. The van der Waals surface area contributed by atoms with Crippen molar-refractivity contribution in [3.8, 4) is 11.5 Å². The van der Waals surface area contributed by atoms with Crippen LogP contribution in [0.3, 0.4) is 0 Å². The number of aryl methyl sites for hydroxylation is 1. The smallest absolute Gasteiger partial charge is 0.153 e. The average Bonchev–Trinajstić information content (AvgIpc) is 3.08. The molecule has 5 heteroatoms. The van der Waals surface area contributed by atoms with Gasteiger partial charge in [-0.2, -0.15) is 0 Å². The molecular weight excluding hydrogens is 270 g/mol. The first-order valence-corrected chi connectivity index (χ1v) is 7.94. The van der Waals surface area contributed by atoms with Crippen LogP contribution in [-0.2, 0) is 5.54 Å². The molecule has 0 bridgehead atoms. The Morgan fingerprint density at radius 2 is 2.05 bits per heavy atom. The molecule has 0 spiro atoms. The molecule has 1 N–H and O–H groups in total. The summed E-state index contributed by atoms with van der Waals surface area (Å²) < 4.78 is 5.66. The first-order chi connectivity index (χ1) is 9.57. The number of thiazole rings is 1. The third-order valence-corrected chi connectivity index (χ3v) is 5.08. The van der Waals surface area contributed by atoms with Crippen LogP contribution in [0.1, 0.15) is 24.6 Å². The molecule has 108 valence electrons. The lowest BCUT2D eigenvalue weighted by molar-refractivity contribution is 0.102. The molecule has 1 fully saturated rings. The normalized spacial score (nSPS) is 17.6. The molecule has 2 aromatic heterocycles. The van der Waals surface area contributed by atoms with Gasteiger partial charge in [-0.25, -0.2) is 4.98 Å². The molecule has 0 radical (unpaired) electrons. The summed E-state index contributed by atoms with van der Waals surface area (Å²) in [5, 5.41) is 6.65. The number of nitrogens with one attached hydrogen (secondary N) is 1. The fourth-order valence-corrected chi connectivity index (χ4v) is 3.56. The maximum atomic E-state index is 5.66. The highest BCUT2D eigenvalue weighted by Crippen LogP contribution is 2.33. The molecule has 2 aromatic rings. The van der Waals surface area contributed by atoms with Gasteiger partial charge in [0.05, 0.1) is 5.54 Å². The van der Waals surface area contributed by atoms with Crippen LogP contribution < -0.4 is 5.32 Å². The number of rotatable bonds is 3. The van der Waals surface area contributed by atoms with Crippen LogP contribution in [-0.4, -0.2) is 36.1 Å². The van der Waals surface area contributed by atoms with E-state index >= 15 is 0 Å². The van der Waals surface area contributed by atoms with E-state index in [1.807, 2.05) is 19.1 Å². The molecule has 1 saturated heterocycles. The zero-order valence-corrected chi connectivity index (χ0v) is 13.1. The van der Waals surface area contributed by atoms with E-state index in [1.54, 1.807) is 11.3 Å². The SMILES string of the molecule is Cc1ccc(-c2csc(C(C)(C)N3CCNCC3)n2)o1. The lowest BCUT2D eigenvalue weighted by atomic mass is 10.0. The molecule has 0 amide bonds. The van der Waals surface area contributed by atoms with E-state index in [0.717, 1.165) is 48.4 Å². The van der Waals surface area contributed by atoms with Crippen LogP contribution in [0.15, 0.2) is 21.9 Å². The average molecular weight is 291 g/mol. The number of aromatic nitrogens is 1. The van der Waals surface area contributed by atoms with E-state index < -0.39 is 0 Å². The van der Waals surface area contributed by atoms with Crippen molar-refractivity contribution in [3.63, 3.8) is 0 Å². The molecule has 0 aromatic carbocycles. The van der Waals surface area contributed by atoms with Gasteiger partial charge in [0.25, 0.3) is 0 Å². The Morgan fingerprint density at radius 1 is 1.30 bits per heavy atom. The van der Waals surface area contributed by atoms with Gasteiger partial charge >= 0.3 is 0 Å². The van der Waals surface area contributed by atoms with Gasteiger partial charge < -0.3 is 9.73 Å². The Hall–Kier alpha value is -1.17. The molecule has 3 heterocycles. The predicted octanol–water partition coefficient (Wildman–Crippen LogP) is 2.85. The van der Waals surface area contributed by atoms with Crippen LogP contribution in [0.5, 0.6) is 0 Å². The standard InChI is InChI=1S/C15H21N3OS/c1-11-4-5-13(19-11)12-10-20-14(17-12)15(2,3)18-8-6-16-7-9-18/h4-5,10,16H,6-9H2,1-3H3. The van der Waals surface area contributed by atoms with Crippen molar-refractivity contribution < 1.29 is 4.42 Å². The summed E-state index contributed by atoms with van der Waals surface area (Å²) in [6.45, 7) is 10.7. The van der Waals surface area contributed by atoms with Crippen LogP contribution in [0.2, 0.25) is 0 Å². The van der Waals surface area contributed by atoms with Crippen LogP contribution >= 0.6 is 11.3 Å². The molecular formula is C15H21N3OS. The van der Waals surface area contributed by atoms with Crippen LogP contribution in [0.25, 0.3) is 11.5 Å². The maximum Gasteiger partial charge on any atom is 0.153 e. The highest BCUT2D eigenvalue weighted by Gasteiger charge is 2.32. The lowest BCUT2D eigenvalue weighted by Crippen LogP contribution is -2.51. The highest BCUT2D eigenvalue weighted by atomic mass is 32.1. The van der Waals surface area contributed by atoms with Crippen LogP contribution in [0, 0.1) is 6.92 Å². The summed E-state index contributed by atoms with van der Waals surface area (Å²) >= 11 is 1.72. The third-order valence-electron chi connectivity index (χ3n) is 3.93. The van der Waals surface area contributed by atoms with Crippen molar-refractivity contribution in [3.05, 3.63) is 28.3 Å². The van der Waals surface area contributed by atoms with E-state index in [0.29, 0.717) is 0 Å². The predicted molar refractivity (Wildman–Crippen MR) is 82.0 cm³/mol. The van der Waals surface area contributed by atoms with Gasteiger partial charge in [0.1, 0.15) is 16.5 Å². The topological polar surface area (TPSA) is 41.3 Å². The fourth-order valence-electron chi connectivity index (χ4n) is 2.60. The van der Waals surface area contributed by atoms with Crippen LogP contribution in [0.4, 0.5) is 0 Å². The van der Waals surface area contributed by atoms with Gasteiger partial charge in [0, 0.05) is 31.6 Å². The zero-order valence-electron chi connectivity index (χ0n) is 12.3. The van der Waals surface area contributed by atoms with Crippen molar-refractivity contribution in [1.29, 1.82) is 0 Å². The minimum atomic E-state index is -0.0212. The molecule has 0 atom stereocenters. The minimum Gasteiger partial charge on any atom is -0.460 e. The Bertz CT molecular complexity index is 581. The second-order valence-corrected chi connectivity index (χ2v) is 6.60. The molecule has 3 rings (SSSR count). The van der Waals surface area contributed by atoms with E-state index in [9.17, 15) is 0 Å². The van der Waals surface area contributed by atoms with Gasteiger partial charge in [0.15, 0.2) is 5.76 Å². The van der Waals surface area contributed by atoms with E-state index in [4.69, 9.17) is 9.40 Å². The van der Waals surface area contributed by atoms with Gasteiger partial charge in [-0.05, 0) is 32.9 Å². The summed E-state index contributed by atoms with van der Waals surface area (Å²) in [4.78, 5) is 7.30. The Balaban J connectivity index is 1.85. The molecule has 0 saturated carbocycles. The monoisotopic (exact) mass is 291 g/mol. The molecule has 0 unspecified atom stereocenters. The Labute approximate surface area is 123 Å². The van der Waals surface area contributed by atoms with Crippen molar-refractivity contribution in [2.24, 2.45) is 0 Å². The van der Waals surface area contributed by atoms with Crippen molar-refractivity contribution in [2.45, 2.75) is 26.3 Å². The van der Waals surface area contributed by atoms with Gasteiger partial charge in [-0.1, -0.05) is 0 Å². The summed E-state index contributed by atoms with van der Waals surface area (Å²) in [5.41, 5.74) is 0.924. The number of piperazine rings is 1. The summed E-state index contributed by atoms with van der Waals surface area (Å²) in [6.07, 6.45) is 0. The Morgan fingerprint density at radius 3 is 2.70 bits per heavy atom. The van der Waals surface area contributed by atoms with Gasteiger partial charge in [-0.15, -0.1) is 11.3 Å². The van der Waals surface area contributed by atoms with Crippen molar-refractivity contribution in [2.75, 3.05) is 26.2 Å². The second kappa shape index (κ2) is 5.31. The van der Waals surface area contributed by atoms with Gasteiger partial charge in [-0.3, -0.25) is 4.90 Å². The quantitative estimate of drug-likeness (QED) is 0.944. The fraction of sp³-hybridized carbons (Fsp3) is 0.533. The summed E-state index contributed by atoms with van der Waals surface area (Å²) in [7, 11) is 0. The van der Waals surface area contributed by atoms with Crippen molar-refractivity contribution in [1.82, 2.24) is 15.2 Å². The molecule has 4 nitrogen and oxygen atoms in total. The first kappa shape index (κ1) is 13.8. The minimum absolute atomic E-state index is 0.0212. The first-order valence-electron chi connectivity index (χ1n) is 7.06. The Kier molecular flexibility index (Phi) is 3.67. The number of hydrogen-bond acceptors (Lipinski definition) is 5.